The lowest BCUT2D eigenvalue weighted by atomic mass is 10.1. The Labute approximate surface area is 123 Å². The Kier molecular flexibility index (Phi) is 6.14. The molecule has 1 aromatic rings. The van der Waals surface area contributed by atoms with Crippen LogP contribution in [0.5, 0.6) is 0 Å². The summed E-state index contributed by atoms with van der Waals surface area (Å²) in [6.45, 7) is 3.83. The number of likely N-dealkylation sites (N-methyl/N-ethyl adjacent to an activating group) is 2. The van der Waals surface area contributed by atoms with Crippen LogP contribution in [0.15, 0.2) is 24.3 Å². The van der Waals surface area contributed by atoms with Crippen molar-refractivity contribution in [1.29, 1.82) is 0 Å². The van der Waals surface area contributed by atoms with Gasteiger partial charge in [-0.2, -0.15) is 0 Å². The minimum Gasteiger partial charge on any atom is -0.391 e. The van der Waals surface area contributed by atoms with Gasteiger partial charge in [-0.05, 0) is 0 Å². The van der Waals surface area contributed by atoms with Gasteiger partial charge in [0.05, 0.1) is 41.4 Å². The monoisotopic (exact) mass is 282 g/mol. The first-order valence-corrected chi connectivity index (χ1v) is 7.21. The Morgan fingerprint density at radius 1 is 0.700 bits per heavy atom. The molecule has 0 amide bonds. The molecule has 0 unspecified atom stereocenters. The van der Waals surface area contributed by atoms with Crippen LogP contribution in [0, 0.1) is 0 Å². The zero-order valence-corrected chi connectivity index (χ0v) is 13.3. The summed E-state index contributed by atoms with van der Waals surface area (Å²) in [5.41, 5.74) is 2.58. The van der Waals surface area contributed by atoms with Gasteiger partial charge < -0.3 is 19.2 Å². The summed E-state index contributed by atoms with van der Waals surface area (Å²) in [5.74, 6) is 0. The minimum absolute atomic E-state index is 0.220. The largest absolute Gasteiger partial charge is 0.391 e. The number of benzene rings is 1. The smallest absolute Gasteiger partial charge is 0.104 e. The third-order valence-corrected chi connectivity index (χ3v) is 3.65. The Bertz CT molecular complexity index is 360. The van der Waals surface area contributed by atoms with Gasteiger partial charge in [0.2, 0.25) is 0 Å². The summed E-state index contributed by atoms with van der Waals surface area (Å²) in [7, 11) is 8.52. The number of hydrogen-bond donors (Lipinski definition) is 2. The molecule has 0 heterocycles. The highest BCUT2D eigenvalue weighted by Gasteiger charge is 2.17. The van der Waals surface area contributed by atoms with Gasteiger partial charge in [0.15, 0.2) is 0 Å². The van der Waals surface area contributed by atoms with Crippen molar-refractivity contribution in [3.8, 4) is 0 Å². The van der Waals surface area contributed by atoms with E-state index in [0.29, 0.717) is 0 Å². The van der Waals surface area contributed by atoms with Crippen molar-refractivity contribution in [3.05, 3.63) is 35.4 Å². The second-order valence-corrected chi connectivity index (χ2v) is 6.90. The number of quaternary nitrogens is 2. The highest BCUT2D eigenvalue weighted by Crippen LogP contribution is 2.13. The van der Waals surface area contributed by atoms with E-state index in [1.54, 1.807) is 0 Å². The van der Waals surface area contributed by atoms with Crippen molar-refractivity contribution in [2.45, 2.75) is 13.1 Å². The van der Waals surface area contributed by atoms with Gasteiger partial charge in [-0.1, -0.05) is 24.3 Å². The Hall–Kier alpha value is -0.940. The molecule has 0 aromatic heterocycles. The number of nitrogens with zero attached hydrogens (tertiary/aromatic N) is 2. The summed E-state index contributed by atoms with van der Waals surface area (Å²) >= 11 is 0. The van der Waals surface area contributed by atoms with Crippen molar-refractivity contribution < 1.29 is 19.2 Å². The molecule has 2 N–H and O–H groups in total. The maximum Gasteiger partial charge on any atom is 0.104 e. The van der Waals surface area contributed by atoms with E-state index in [-0.39, 0.29) is 13.2 Å². The predicted octanol–water partition coefficient (Wildman–Crippen LogP) is 0.824. The SMILES string of the molecule is C[N+](C)(CCO)Cc1ccc(C[N+](C)(C)CCO)cc1. The summed E-state index contributed by atoms with van der Waals surface area (Å²) in [6, 6.07) is 8.69. The molecular formula is C16H30N2O2+2. The molecule has 0 saturated heterocycles. The molecule has 0 aliphatic heterocycles. The zero-order valence-electron chi connectivity index (χ0n) is 13.3. The molecule has 4 nitrogen and oxygen atoms in total. The average molecular weight is 282 g/mol. The molecule has 0 atom stereocenters. The van der Waals surface area contributed by atoms with Crippen LogP contribution < -0.4 is 0 Å². The summed E-state index contributed by atoms with van der Waals surface area (Å²) in [4.78, 5) is 0. The van der Waals surface area contributed by atoms with Crippen LogP contribution in [-0.4, -0.2) is 73.7 Å². The normalized spacial score (nSPS) is 12.7. The van der Waals surface area contributed by atoms with Crippen LogP contribution in [0.1, 0.15) is 11.1 Å². The lowest BCUT2D eigenvalue weighted by Crippen LogP contribution is -2.41. The zero-order chi connectivity index (χ0) is 15.2. The molecule has 0 aliphatic carbocycles. The second kappa shape index (κ2) is 7.18. The quantitative estimate of drug-likeness (QED) is 0.693. The fourth-order valence-electron chi connectivity index (χ4n) is 2.44. The van der Waals surface area contributed by atoms with Crippen molar-refractivity contribution in [2.75, 3.05) is 54.5 Å². The lowest BCUT2D eigenvalue weighted by molar-refractivity contribution is -0.904. The van der Waals surface area contributed by atoms with Gasteiger partial charge >= 0.3 is 0 Å². The van der Waals surface area contributed by atoms with E-state index in [1.165, 1.54) is 11.1 Å². The third kappa shape index (κ3) is 6.01. The van der Waals surface area contributed by atoms with Crippen LogP contribution in [-0.2, 0) is 13.1 Å². The molecule has 0 radical (unpaired) electrons. The first-order chi connectivity index (χ1) is 9.28. The molecule has 0 aliphatic rings. The molecule has 20 heavy (non-hydrogen) atoms. The van der Waals surface area contributed by atoms with Crippen LogP contribution in [0.2, 0.25) is 0 Å². The second-order valence-electron chi connectivity index (χ2n) is 6.90. The molecular weight excluding hydrogens is 252 g/mol. The van der Waals surface area contributed by atoms with Gasteiger partial charge in [0, 0.05) is 11.1 Å². The molecule has 1 aromatic carbocycles. The summed E-state index contributed by atoms with van der Waals surface area (Å²) in [6.07, 6.45) is 0. The molecule has 0 spiro atoms. The van der Waals surface area contributed by atoms with Crippen LogP contribution >= 0.6 is 0 Å². The Morgan fingerprint density at radius 2 is 1.00 bits per heavy atom. The minimum atomic E-state index is 0.220. The Morgan fingerprint density at radius 3 is 1.25 bits per heavy atom. The van der Waals surface area contributed by atoms with Gasteiger partial charge in [-0.3, -0.25) is 0 Å². The molecule has 114 valence electrons. The third-order valence-electron chi connectivity index (χ3n) is 3.65. The maximum atomic E-state index is 9.06. The van der Waals surface area contributed by atoms with Gasteiger partial charge in [0.25, 0.3) is 0 Å². The number of hydrogen-bond acceptors (Lipinski definition) is 2. The van der Waals surface area contributed by atoms with E-state index in [4.69, 9.17) is 10.2 Å². The van der Waals surface area contributed by atoms with E-state index in [2.05, 4.69) is 52.5 Å². The molecule has 0 bridgehead atoms. The molecule has 0 fully saturated rings. The van der Waals surface area contributed by atoms with E-state index in [0.717, 1.165) is 35.1 Å². The fraction of sp³-hybridized carbons (Fsp3) is 0.625. The first kappa shape index (κ1) is 17.1. The number of aliphatic hydroxyl groups excluding tert-OH is 2. The molecule has 1 rings (SSSR count). The lowest BCUT2D eigenvalue weighted by Gasteiger charge is -2.30. The van der Waals surface area contributed by atoms with Crippen molar-refractivity contribution in [3.63, 3.8) is 0 Å². The van der Waals surface area contributed by atoms with E-state index in [1.807, 2.05) is 0 Å². The highest BCUT2D eigenvalue weighted by molar-refractivity contribution is 5.21. The molecule has 4 heteroatoms. The predicted molar refractivity (Wildman–Crippen MR) is 82.0 cm³/mol. The van der Waals surface area contributed by atoms with Gasteiger partial charge in [0.1, 0.15) is 26.2 Å². The summed E-state index contributed by atoms with van der Waals surface area (Å²) in [5, 5.41) is 18.1. The number of aliphatic hydroxyl groups is 2. The highest BCUT2D eigenvalue weighted by atomic mass is 16.3. The number of rotatable bonds is 8. The average Bonchev–Trinajstić information content (AvgIpc) is 2.30. The van der Waals surface area contributed by atoms with Gasteiger partial charge in [-0.25, -0.2) is 0 Å². The van der Waals surface area contributed by atoms with Crippen LogP contribution in [0.3, 0.4) is 0 Å². The standard InChI is InChI=1S/C16H30N2O2/c1-17(2,9-11-19)13-15-5-7-16(8-6-15)14-18(3,4)10-12-20/h5-8,19-20H,9-14H2,1-4H3/q+2. The van der Waals surface area contributed by atoms with E-state index >= 15 is 0 Å². The van der Waals surface area contributed by atoms with E-state index < -0.39 is 0 Å². The maximum absolute atomic E-state index is 9.06. The molecule has 0 saturated carbocycles. The topological polar surface area (TPSA) is 40.5 Å². The Balaban J connectivity index is 2.65. The van der Waals surface area contributed by atoms with Crippen molar-refractivity contribution in [2.24, 2.45) is 0 Å². The first-order valence-electron chi connectivity index (χ1n) is 7.21. The van der Waals surface area contributed by atoms with Crippen molar-refractivity contribution in [1.82, 2.24) is 0 Å². The van der Waals surface area contributed by atoms with Crippen molar-refractivity contribution >= 4 is 0 Å². The van der Waals surface area contributed by atoms with Gasteiger partial charge in [-0.15, -0.1) is 0 Å². The van der Waals surface area contributed by atoms with Crippen LogP contribution in [0.4, 0.5) is 0 Å². The summed E-state index contributed by atoms with van der Waals surface area (Å²) < 4.78 is 1.59. The van der Waals surface area contributed by atoms with Crippen LogP contribution in [0.25, 0.3) is 0 Å². The van der Waals surface area contributed by atoms with E-state index in [9.17, 15) is 0 Å². The fourth-order valence-corrected chi connectivity index (χ4v) is 2.44.